The van der Waals surface area contributed by atoms with Crippen molar-refractivity contribution in [3.05, 3.63) is 77.4 Å². The molecule has 128 valence electrons. The number of allylic oxidation sites excluding steroid dienone is 1. The van der Waals surface area contributed by atoms with E-state index in [0.717, 1.165) is 11.1 Å². The second kappa shape index (κ2) is 8.00. The molecule has 25 heavy (non-hydrogen) atoms. The molecule has 0 fully saturated rings. The zero-order chi connectivity index (χ0) is 17.6. The van der Waals surface area contributed by atoms with Gasteiger partial charge in [-0.05, 0) is 11.5 Å². The number of nitriles is 1. The summed E-state index contributed by atoms with van der Waals surface area (Å²) in [7, 11) is 0. The van der Waals surface area contributed by atoms with E-state index in [9.17, 15) is 5.26 Å². The third-order valence-electron chi connectivity index (χ3n) is 4.24. The Morgan fingerprint density at radius 2 is 1.72 bits per heavy atom. The third kappa shape index (κ3) is 4.10. The fraction of sp³-hybridized carbons (Fsp3) is 0.318. The van der Waals surface area contributed by atoms with E-state index in [0.29, 0.717) is 30.3 Å². The second-order valence-corrected chi connectivity index (χ2v) is 6.69. The molecule has 2 aromatic carbocycles. The molecule has 0 spiro atoms. The topological polar surface area (TPSA) is 42.2 Å². The molecule has 1 aliphatic rings. The van der Waals surface area contributed by atoms with Crippen LogP contribution < -0.4 is 0 Å². The zero-order valence-corrected chi connectivity index (χ0v) is 14.7. The molecule has 1 heterocycles. The van der Waals surface area contributed by atoms with Gasteiger partial charge in [-0.1, -0.05) is 74.5 Å². The average molecular weight is 333 g/mol. The molecule has 0 aromatic heterocycles. The van der Waals surface area contributed by atoms with Gasteiger partial charge in [0.1, 0.15) is 5.76 Å². The predicted molar refractivity (Wildman–Crippen MR) is 98.4 cm³/mol. The van der Waals surface area contributed by atoms with Gasteiger partial charge < -0.3 is 9.47 Å². The molecule has 0 saturated heterocycles. The van der Waals surface area contributed by atoms with Gasteiger partial charge in [0, 0.05) is 17.9 Å². The third-order valence-corrected chi connectivity index (χ3v) is 4.24. The maximum absolute atomic E-state index is 9.83. The van der Waals surface area contributed by atoms with Crippen LogP contribution in [0.5, 0.6) is 0 Å². The minimum absolute atomic E-state index is 0.0210. The summed E-state index contributed by atoms with van der Waals surface area (Å²) in [5.41, 5.74) is 2.70. The average Bonchev–Trinajstić information content (AvgIpc) is 2.67. The summed E-state index contributed by atoms with van der Waals surface area (Å²) in [4.78, 5) is 0. The normalized spacial score (nSPS) is 20.2. The Hall–Kier alpha value is -2.57. The first-order chi connectivity index (χ1) is 12.2. The number of benzene rings is 2. The Balaban J connectivity index is 2.01. The lowest BCUT2D eigenvalue weighted by atomic mass is 9.85. The molecule has 3 heteroatoms. The first kappa shape index (κ1) is 17.3. The second-order valence-electron chi connectivity index (χ2n) is 6.69. The van der Waals surface area contributed by atoms with Gasteiger partial charge in [0.2, 0.25) is 6.29 Å². The lowest BCUT2D eigenvalue weighted by molar-refractivity contribution is -0.116. The molecule has 0 bridgehead atoms. The summed E-state index contributed by atoms with van der Waals surface area (Å²) in [6, 6.07) is 22.3. The Labute approximate surface area is 149 Å². The summed E-state index contributed by atoms with van der Waals surface area (Å²) in [6.07, 6.45) is 0.301. The van der Waals surface area contributed by atoms with Crippen molar-refractivity contribution in [2.75, 3.05) is 6.61 Å². The van der Waals surface area contributed by atoms with Crippen LogP contribution in [0.1, 0.15) is 37.3 Å². The van der Waals surface area contributed by atoms with Gasteiger partial charge in [-0.2, -0.15) is 5.26 Å². The van der Waals surface area contributed by atoms with Crippen LogP contribution in [0.3, 0.4) is 0 Å². The van der Waals surface area contributed by atoms with Gasteiger partial charge in [0.25, 0.3) is 0 Å². The number of hydrogen-bond donors (Lipinski definition) is 0. The van der Waals surface area contributed by atoms with E-state index in [1.807, 2.05) is 48.5 Å². The van der Waals surface area contributed by atoms with Gasteiger partial charge in [0.15, 0.2) is 0 Å². The summed E-state index contributed by atoms with van der Waals surface area (Å²) >= 11 is 0. The first-order valence-corrected chi connectivity index (χ1v) is 8.72. The maximum Gasteiger partial charge on any atom is 0.200 e. The van der Waals surface area contributed by atoms with Crippen molar-refractivity contribution in [2.45, 2.75) is 32.5 Å². The molecule has 0 aliphatic carbocycles. The lowest BCUT2D eigenvalue weighted by Gasteiger charge is -2.32. The molecule has 0 N–H and O–H groups in total. The summed E-state index contributed by atoms with van der Waals surface area (Å²) in [5.74, 6) is 1.05. The van der Waals surface area contributed by atoms with Gasteiger partial charge in [-0.25, -0.2) is 0 Å². The van der Waals surface area contributed by atoms with Gasteiger partial charge in [-0.15, -0.1) is 0 Å². The van der Waals surface area contributed by atoms with Crippen LogP contribution in [0.15, 0.2) is 66.2 Å². The minimum Gasteiger partial charge on any atom is -0.463 e. The Bertz CT molecular complexity index is 760. The van der Waals surface area contributed by atoms with Crippen molar-refractivity contribution in [3.63, 3.8) is 0 Å². The highest BCUT2D eigenvalue weighted by atomic mass is 16.7. The molecular weight excluding hydrogens is 310 g/mol. The number of hydrogen-bond acceptors (Lipinski definition) is 3. The summed E-state index contributed by atoms with van der Waals surface area (Å²) < 4.78 is 12.1. The predicted octanol–water partition coefficient (Wildman–Crippen LogP) is 5.12. The van der Waals surface area contributed by atoms with Crippen molar-refractivity contribution in [1.82, 2.24) is 0 Å². The molecule has 1 aliphatic heterocycles. The molecule has 0 amide bonds. The van der Waals surface area contributed by atoms with Crippen molar-refractivity contribution < 1.29 is 9.47 Å². The highest BCUT2D eigenvalue weighted by Gasteiger charge is 2.33. The van der Waals surface area contributed by atoms with Crippen LogP contribution in [0.4, 0.5) is 0 Å². The molecule has 3 nitrogen and oxygen atoms in total. The molecule has 0 radical (unpaired) electrons. The standard InChI is InChI=1S/C22H23NO2/c1-16(2)15-24-21-13-19(17-9-5-3-6-10-17)20(14-23)22(25-21)18-11-7-4-8-12-18/h3-12,16,19,21H,13,15H2,1-2H3/t19-,21+/m1/s1. The van der Waals surface area contributed by atoms with Crippen LogP contribution >= 0.6 is 0 Å². The van der Waals surface area contributed by atoms with Crippen LogP contribution in [0, 0.1) is 17.2 Å². The highest BCUT2D eigenvalue weighted by molar-refractivity contribution is 5.69. The van der Waals surface area contributed by atoms with Crippen molar-refractivity contribution in [2.24, 2.45) is 5.92 Å². The van der Waals surface area contributed by atoms with Crippen molar-refractivity contribution in [3.8, 4) is 6.07 Å². The van der Waals surface area contributed by atoms with Crippen LogP contribution in [-0.4, -0.2) is 12.9 Å². The zero-order valence-electron chi connectivity index (χ0n) is 14.7. The van der Waals surface area contributed by atoms with Crippen molar-refractivity contribution >= 4 is 5.76 Å². The summed E-state index contributed by atoms with van der Waals surface area (Å²) in [6.45, 7) is 4.87. The van der Waals surface area contributed by atoms with Crippen LogP contribution in [0.25, 0.3) is 5.76 Å². The molecule has 0 unspecified atom stereocenters. The molecule has 3 rings (SSSR count). The Morgan fingerprint density at radius 3 is 2.32 bits per heavy atom. The molecular formula is C22H23NO2. The van der Waals surface area contributed by atoms with E-state index in [1.165, 1.54) is 0 Å². The summed E-state index contributed by atoms with van der Waals surface area (Å²) in [5, 5.41) is 9.83. The minimum atomic E-state index is -0.347. The fourth-order valence-electron chi connectivity index (χ4n) is 3.04. The largest absolute Gasteiger partial charge is 0.463 e. The quantitative estimate of drug-likeness (QED) is 0.762. The van der Waals surface area contributed by atoms with Gasteiger partial charge in [0.05, 0.1) is 18.2 Å². The van der Waals surface area contributed by atoms with Gasteiger partial charge in [-0.3, -0.25) is 0 Å². The van der Waals surface area contributed by atoms with Crippen molar-refractivity contribution in [1.29, 1.82) is 5.26 Å². The van der Waals surface area contributed by atoms with E-state index < -0.39 is 0 Å². The maximum atomic E-state index is 9.83. The molecule has 0 saturated carbocycles. The molecule has 2 atom stereocenters. The molecule has 2 aromatic rings. The number of ether oxygens (including phenoxy) is 2. The SMILES string of the molecule is CC(C)CO[C@@H]1C[C@H](c2ccccc2)C(C#N)=C(c2ccccc2)O1. The Kier molecular flexibility index (Phi) is 5.53. The number of nitrogens with zero attached hydrogens (tertiary/aromatic N) is 1. The monoisotopic (exact) mass is 333 g/mol. The fourth-order valence-corrected chi connectivity index (χ4v) is 3.04. The van der Waals surface area contributed by atoms with E-state index in [2.05, 4.69) is 32.0 Å². The van der Waals surface area contributed by atoms with E-state index in [1.54, 1.807) is 0 Å². The Morgan fingerprint density at radius 1 is 1.08 bits per heavy atom. The first-order valence-electron chi connectivity index (χ1n) is 8.72. The smallest absolute Gasteiger partial charge is 0.200 e. The van der Waals surface area contributed by atoms with E-state index in [-0.39, 0.29) is 12.2 Å². The van der Waals surface area contributed by atoms with Gasteiger partial charge >= 0.3 is 0 Å². The van der Waals surface area contributed by atoms with E-state index >= 15 is 0 Å². The lowest BCUT2D eigenvalue weighted by Crippen LogP contribution is -2.27. The number of rotatable bonds is 5. The van der Waals surface area contributed by atoms with Crippen LogP contribution in [0.2, 0.25) is 0 Å². The van der Waals surface area contributed by atoms with E-state index in [4.69, 9.17) is 9.47 Å². The van der Waals surface area contributed by atoms with Crippen LogP contribution in [-0.2, 0) is 9.47 Å². The highest BCUT2D eigenvalue weighted by Crippen LogP contribution is 2.40.